The summed E-state index contributed by atoms with van der Waals surface area (Å²) < 4.78 is 5.84. The van der Waals surface area contributed by atoms with Crippen LogP contribution in [0.4, 0.5) is 0 Å². The smallest absolute Gasteiger partial charge is 0.308 e. The lowest BCUT2D eigenvalue weighted by Gasteiger charge is -2.47. The number of esters is 1. The van der Waals surface area contributed by atoms with Crippen LogP contribution in [0.5, 0.6) is 0 Å². The fourth-order valence-electron chi connectivity index (χ4n) is 3.58. The molecule has 2 saturated carbocycles. The van der Waals surface area contributed by atoms with Crippen molar-refractivity contribution in [2.24, 2.45) is 17.8 Å². The van der Waals surface area contributed by atoms with E-state index in [-0.39, 0.29) is 17.5 Å². The molecule has 92 valence electrons. The first-order valence-corrected chi connectivity index (χ1v) is 6.74. The normalized spacial score (nSPS) is 38.5. The topological polar surface area (TPSA) is 26.3 Å². The first kappa shape index (κ1) is 11.9. The van der Waals surface area contributed by atoms with Crippen LogP contribution in [0.1, 0.15) is 59.3 Å². The van der Waals surface area contributed by atoms with Gasteiger partial charge in [0.05, 0.1) is 5.92 Å². The number of hydrogen-bond donors (Lipinski definition) is 0. The van der Waals surface area contributed by atoms with E-state index in [2.05, 4.69) is 6.92 Å². The number of carbonyl (C=O) groups is 1. The highest BCUT2D eigenvalue weighted by Crippen LogP contribution is 2.47. The summed E-state index contributed by atoms with van der Waals surface area (Å²) >= 11 is 0. The lowest BCUT2D eigenvalue weighted by Crippen LogP contribution is -2.46. The van der Waals surface area contributed by atoms with E-state index in [0.29, 0.717) is 0 Å². The number of rotatable bonds is 2. The lowest BCUT2D eigenvalue weighted by atomic mass is 9.65. The lowest BCUT2D eigenvalue weighted by molar-refractivity contribution is -0.176. The van der Waals surface area contributed by atoms with Crippen molar-refractivity contribution >= 4 is 5.97 Å². The molecule has 2 rings (SSSR count). The van der Waals surface area contributed by atoms with Gasteiger partial charge in [0.15, 0.2) is 0 Å². The van der Waals surface area contributed by atoms with Crippen molar-refractivity contribution in [3.63, 3.8) is 0 Å². The second-order valence-corrected chi connectivity index (χ2v) is 6.27. The van der Waals surface area contributed by atoms with Crippen molar-refractivity contribution in [2.45, 2.75) is 64.9 Å². The van der Waals surface area contributed by atoms with Crippen molar-refractivity contribution in [2.75, 3.05) is 0 Å². The molecule has 0 saturated heterocycles. The van der Waals surface area contributed by atoms with E-state index < -0.39 is 0 Å². The van der Waals surface area contributed by atoms with Crippen LogP contribution in [0, 0.1) is 17.8 Å². The Balaban J connectivity index is 2.06. The van der Waals surface area contributed by atoms with Crippen molar-refractivity contribution in [1.82, 2.24) is 0 Å². The molecule has 0 radical (unpaired) electrons. The quantitative estimate of drug-likeness (QED) is 0.671. The van der Waals surface area contributed by atoms with Crippen molar-refractivity contribution < 1.29 is 9.53 Å². The third-order valence-electron chi connectivity index (χ3n) is 4.15. The number of hydrogen-bond acceptors (Lipinski definition) is 2. The molecular weight excluding hydrogens is 200 g/mol. The Labute approximate surface area is 98.7 Å². The van der Waals surface area contributed by atoms with Gasteiger partial charge in [-0.3, -0.25) is 4.79 Å². The van der Waals surface area contributed by atoms with E-state index in [0.717, 1.165) is 31.1 Å². The van der Waals surface area contributed by atoms with Gasteiger partial charge >= 0.3 is 5.97 Å². The zero-order valence-electron chi connectivity index (χ0n) is 10.8. The van der Waals surface area contributed by atoms with Crippen LogP contribution in [-0.2, 0) is 9.53 Å². The van der Waals surface area contributed by atoms with Crippen LogP contribution in [0.3, 0.4) is 0 Å². The van der Waals surface area contributed by atoms with Crippen molar-refractivity contribution in [3.05, 3.63) is 0 Å². The molecular formula is C14H24O2. The summed E-state index contributed by atoms with van der Waals surface area (Å²) in [6.07, 6.45) is 7.21. The van der Waals surface area contributed by atoms with E-state index >= 15 is 0 Å². The minimum Gasteiger partial charge on any atom is -0.459 e. The summed E-state index contributed by atoms with van der Waals surface area (Å²) in [6.45, 7) is 6.15. The zero-order valence-corrected chi connectivity index (χ0v) is 10.8. The number of carbonyl (C=O) groups excluding carboxylic acids is 1. The summed E-state index contributed by atoms with van der Waals surface area (Å²) in [5.41, 5.74) is -0.0953. The monoisotopic (exact) mass is 224 g/mol. The molecule has 2 nitrogen and oxygen atoms in total. The maximum Gasteiger partial charge on any atom is 0.308 e. The molecule has 2 heteroatoms. The molecule has 2 bridgehead atoms. The van der Waals surface area contributed by atoms with E-state index in [1.165, 1.54) is 19.3 Å². The molecule has 2 aliphatic rings. The fraction of sp³-hybridized carbons (Fsp3) is 0.929. The second-order valence-electron chi connectivity index (χ2n) is 6.27. The third kappa shape index (κ3) is 2.41. The summed E-state index contributed by atoms with van der Waals surface area (Å²) in [7, 11) is 0. The average Bonchev–Trinajstić information content (AvgIpc) is 2.15. The Morgan fingerprint density at radius 2 is 2.12 bits per heavy atom. The molecule has 0 aromatic heterocycles. The molecule has 0 spiro atoms. The van der Waals surface area contributed by atoms with Crippen LogP contribution in [-0.4, -0.2) is 11.6 Å². The predicted octanol–water partition coefficient (Wildman–Crippen LogP) is 3.54. The van der Waals surface area contributed by atoms with Gasteiger partial charge in [0.1, 0.15) is 5.60 Å². The number of ether oxygens (including phenoxy) is 1. The van der Waals surface area contributed by atoms with E-state index in [1.54, 1.807) is 0 Å². The van der Waals surface area contributed by atoms with Gasteiger partial charge in [-0.25, -0.2) is 0 Å². The van der Waals surface area contributed by atoms with Gasteiger partial charge < -0.3 is 4.74 Å². The van der Waals surface area contributed by atoms with E-state index in [4.69, 9.17) is 4.74 Å². The molecule has 0 amide bonds. The minimum absolute atomic E-state index is 0.00486. The van der Waals surface area contributed by atoms with E-state index in [9.17, 15) is 4.79 Å². The van der Waals surface area contributed by atoms with Gasteiger partial charge in [0.2, 0.25) is 0 Å². The highest BCUT2D eigenvalue weighted by molar-refractivity contribution is 5.72. The molecule has 0 heterocycles. The SMILES string of the molecule is CC1CC2CCCC(OC(=O)C(C)C)(C1)C2. The first-order chi connectivity index (χ1) is 7.51. The molecule has 2 aliphatic carbocycles. The van der Waals surface area contributed by atoms with Crippen molar-refractivity contribution in [1.29, 1.82) is 0 Å². The Morgan fingerprint density at radius 3 is 2.81 bits per heavy atom. The second kappa shape index (κ2) is 4.38. The molecule has 0 N–H and O–H groups in total. The molecule has 2 fully saturated rings. The average molecular weight is 224 g/mol. The molecule has 0 aromatic rings. The first-order valence-electron chi connectivity index (χ1n) is 6.74. The molecule has 3 atom stereocenters. The highest BCUT2D eigenvalue weighted by Gasteiger charge is 2.44. The van der Waals surface area contributed by atoms with Crippen LogP contribution < -0.4 is 0 Å². The predicted molar refractivity (Wildman–Crippen MR) is 64.0 cm³/mol. The fourth-order valence-corrected chi connectivity index (χ4v) is 3.58. The molecule has 0 aliphatic heterocycles. The van der Waals surface area contributed by atoms with Crippen LogP contribution in [0.25, 0.3) is 0 Å². The summed E-state index contributed by atoms with van der Waals surface area (Å²) in [5.74, 6) is 1.53. The van der Waals surface area contributed by atoms with Gasteiger partial charge in [-0.05, 0) is 43.9 Å². The Hall–Kier alpha value is -0.530. The summed E-state index contributed by atoms with van der Waals surface area (Å²) in [6, 6.07) is 0. The minimum atomic E-state index is -0.0953. The zero-order chi connectivity index (χ0) is 11.8. The molecule has 3 unspecified atom stereocenters. The maximum absolute atomic E-state index is 11.8. The Bertz CT molecular complexity index is 268. The number of fused-ring (bicyclic) bond motifs is 2. The van der Waals surface area contributed by atoms with Gasteiger partial charge in [0, 0.05) is 0 Å². The highest BCUT2D eigenvalue weighted by atomic mass is 16.6. The van der Waals surface area contributed by atoms with Gasteiger partial charge in [-0.15, -0.1) is 0 Å². The Kier molecular flexibility index (Phi) is 3.27. The summed E-state index contributed by atoms with van der Waals surface area (Å²) in [5, 5.41) is 0. The van der Waals surface area contributed by atoms with E-state index in [1.807, 2.05) is 13.8 Å². The summed E-state index contributed by atoms with van der Waals surface area (Å²) in [4.78, 5) is 11.8. The van der Waals surface area contributed by atoms with Crippen molar-refractivity contribution in [3.8, 4) is 0 Å². The van der Waals surface area contributed by atoms with Gasteiger partial charge in [-0.1, -0.05) is 27.2 Å². The molecule has 0 aromatic carbocycles. The molecule has 16 heavy (non-hydrogen) atoms. The maximum atomic E-state index is 11.8. The largest absolute Gasteiger partial charge is 0.459 e. The third-order valence-corrected chi connectivity index (χ3v) is 4.15. The van der Waals surface area contributed by atoms with Crippen LogP contribution >= 0.6 is 0 Å². The standard InChI is InChI=1S/C14H24O2/c1-10(2)13(15)16-14-6-4-5-12(9-14)7-11(3)8-14/h10-12H,4-9H2,1-3H3. The van der Waals surface area contributed by atoms with Crippen LogP contribution in [0.15, 0.2) is 0 Å². The van der Waals surface area contributed by atoms with Gasteiger partial charge in [0.25, 0.3) is 0 Å². The van der Waals surface area contributed by atoms with Crippen LogP contribution in [0.2, 0.25) is 0 Å². The van der Waals surface area contributed by atoms with Gasteiger partial charge in [-0.2, -0.15) is 0 Å². The Morgan fingerprint density at radius 1 is 1.38 bits per heavy atom.